The van der Waals surface area contributed by atoms with E-state index in [4.69, 9.17) is 0 Å². The molecule has 2 heterocycles. The molecular formula is C13H12N2O4. The number of carbonyl (C=O) groups is 3. The predicted octanol–water partition coefficient (Wildman–Crippen LogP) is -0.0615. The van der Waals surface area contributed by atoms with E-state index >= 15 is 0 Å². The van der Waals surface area contributed by atoms with E-state index in [-0.39, 0.29) is 24.7 Å². The molecule has 6 nitrogen and oxygen atoms in total. The van der Waals surface area contributed by atoms with Crippen LogP contribution in [0.3, 0.4) is 0 Å². The lowest BCUT2D eigenvalue weighted by Gasteiger charge is -2.31. The lowest BCUT2D eigenvalue weighted by atomic mass is 10.0. The summed E-state index contributed by atoms with van der Waals surface area (Å²) in [4.78, 5) is 36.3. The lowest BCUT2D eigenvalue weighted by molar-refractivity contribution is -0.139. The first-order chi connectivity index (χ1) is 9.09. The second kappa shape index (κ2) is 4.17. The minimum Gasteiger partial charge on any atom is -0.369 e. The van der Waals surface area contributed by atoms with E-state index in [1.54, 1.807) is 24.3 Å². The van der Waals surface area contributed by atoms with Crippen molar-refractivity contribution in [3.05, 3.63) is 35.4 Å². The third-order valence-electron chi connectivity index (χ3n) is 3.51. The van der Waals surface area contributed by atoms with E-state index in [2.05, 4.69) is 5.32 Å². The van der Waals surface area contributed by atoms with Crippen LogP contribution in [0.1, 0.15) is 35.0 Å². The number of aliphatic hydroxyl groups is 1. The normalized spacial score (nSPS) is 26.4. The maximum absolute atomic E-state index is 12.2. The molecule has 1 saturated heterocycles. The van der Waals surface area contributed by atoms with Crippen LogP contribution >= 0.6 is 0 Å². The van der Waals surface area contributed by atoms with Gasteiger partial charge in [-0.15, -0.1) is 0 Å². The molecule has 2 N–H and O–H groups in total. The van der Waals surface area contributed by atoms with E-state index < -0.39 is 18.2 Å². The summed E-state index contributed by atoms with van der Waals surface area (Å²) in [5.41, 5.74) is 0.900. The standard InChI is InChI=1S/C13H12N2O4/c16-10-6-5-9(11(17)14-10)15-12(18)7-3-1-2-4-8(7)13(15)19/h1-4,9,12,18H,5-6H2,(H,14,16,17)/t9-,12?/m1/s1. The Morgan fingerprint density at radius 1 is 1.21 bits per heavy atom. The number of hydrogen-bond donors (Lipinski definition) is 2. The van der Waals surface area contributed by atoms with Gasteiger partial charge in [-0.05, 0) is 12.5 Å². The Hall–Kier alpha value is -2.21. The highest BCUT2D eigenvalue weighted by Gasteiger charge is 2.43. The molecule has 2 aliphatic rings. The number of amides is 3. The van der Waals surface area contributed by atoms with Gasteiger partial charge in [0, 0.05) is 17.5 Å². The second-order valence-electron chi connectivity index (χ2n) is 4.64. The molecule has 0 bridgehead atoms. The third-order valence-corrected chi connectivity index (χ3v) is 3.51. The molecule has 98 valence electrons. The van der Waals surface area contributed by atoms with Gasteiger partial charge in [0.05, 0.1) is 0 Å². The minimum absolute atomic E-state index is 0.170. The van der Waals surface area contributed by atoms with Crippen molar-refractivity contribution in [3.8, 4) is 0 Å². The maximum atomic E-state index is 12.2. The van der Waals surface area contributed by atoms with Gasteiger partial charge < -0.3 is 5.11 Å². The summed E-state index contributed by atoms with van der Waals surface area (Å²) in [5.74, 6) is -1.26. The molecule has 6 heteroatoms. The van der Waals surface area contributed by atoms with Crippen LogP contribution in [-0.2, 0) is 9.59 Å². The summed E-state index contributed by atoms with van der Waals surface area (Å²) in [6.07, 6.45) is -0.724. The molecule has 3 amide bonds. The van der Waals surface area contributed by atoms with E-state index in [0.29, 0.717) is 11.1 Å². The van der Waals surface area contributed by atoms with Gasteiger partial charge in [0.2, 0.25) is 11.8 Å². The lowest BCUT2D eigenvalue weighted by Crippen LogP contribution is -2.53. The van der Waals surface area contributed by atoms with Crippen molar-refractivity contribution >= 4 is 17.7 Å². The SMILES string of the molecule is O=C1CC[C@@H](N2C(=O)c3ccccc3C2O)C(=O)N1. The number of fused-ring (bicyclic) bond motifs is 1. The third kappa shape index (κ3) is 1.72. The highest BCUT2D eigenvalue weighted by atomic mass is 16.3. The fraction of sp³-hybridized carbons (Fsp3) is 0.308. The number of piperidine rings is 1. The first kappa shape index (κ1) is 11.9. The van der Waals surface area contributed by atoms with Gasteiger partial charge in [-0.2, -0.15) is 0 Å². The van der Waals surface area contributed by atoms with Crippen LogP contribution in [0, 0.1) is 0 Å². The maximum Gasteiger partial charge on any atom is 0.257 e. The molecule has 0 radical (unpaired) electrons. The largest absolute Gasteiger partial charge is 0.369 e. The van der Waals surface area contributed by atoms with Crippen LogP contribution in [0.5, 0.6) is 0 Å². The molecule has 2 aliphatic heterocycles. The van der Waals surface area contributed by atoms with Crippen molar-refractivity contribution in [1.82, 2.24) is 10.2 Å². The number of rotatable bonds is 1. The molecule has 1 aromatic carbocycles. The zero-order valence-corrected chi connectivity index (χ0v) is 10.00. The van der Waals surface area contributed by atoms with Gasteiger partial charge in [-0.1, -0.05) is 18.2 Å². The average Bonchev–Trinajstić information content (AvgIpc) is 2.64. The van der Waals surface area contributed by atoms with Crippen LogP contribution in [0.4, 0.5) is 0 Å². The molecule has 1 unspecified atom stereocenters. The number of imide groups is 1. The van der Waals surface area contributed by atoms with Gasteiger partial charge in [-0.25, -0.2) is 0 Å². The van der Waals surface area contributed by atoms with Gasteiger partial charge in [0.25, 0.3) is 5.91 Å². The van der Waals surface area contributed by atoms with E-state index in [1.165, 1.54) is 0 Å². The molecule has 3 rings (SSSR count). The second-order valence-corrected chi connectivity index (χ2v) is 4.64. The van der Waals surface area contributed by atoms with Crippen LogP contribution in [0.25, 0.3) is 0 Å². The van der Waals surface area contributed by atoms with Gasteiger partial charge in [0.1, 0.15) is 6.04 Å². The monoisotopic (exact) mass is 260 g/mol. The van der Waals surface area contributed by atoms with E-state index in [0.717, 1.165) is 4.90 Å². The molecule has 0 aliphatic carbocycles. The van der Waals surface area contributed by atoms with Crippen LogP contribution < -0.4 is 5.32 Å². The summed E-state index contributed by atoms with van der Waals surface area (Å²) >= 11 is 0. The van der Waals surface area contributed by atoms with Crippen molar-refractivity contribution in [2.45, 2.75) is 25.1 Å². The first-order valence-corrected chi connectivity index (χ1v) is 6.03. The van der Waals surface area contributed by atoms with Crippen LogP contribution in [0.2, 0.25) is 0 Å². The highest BCUT2D eigenvalue weighted by molar-refractivity contribution is 6.05. The molecular weight excluding hydrogens is 248 g/mol. The smallest absolute Gasteiger partial charge is 0.257 e. The average molecular weight is 260 g/mol. The molecule has 1 fully saturated rings. The molecule has 19 heavy (non-hydrogen) atoms. The quantitative estimate of drug-likeness (QED) is 0.692. The van der Waals surface area contributed by atoms with Crippen LogP contribution in [-0.4, -0.2) is 33.8 Å². The summed E-state index contributed by atoms with van der Waals surface area (Å²) < 4.78 is 0. The number of carbonyl (C=O) groups excluding carboxylic acids is 3. The Kier molecular flexibility index (Phi) is 2.60. The Labute approximate surface area is 109 Å². The fourth-order valence-corrected chi connectivity index (χ4v) is 2.58. The molecule has 0 spiro atoms. The number of nitrogens with one attached hydrogen (secondary N) is 1. The summed E-state index contributed by atoms with van der Waals surface area (Å²) in [6.45, 7) is 0. The summed E-state index contributed by atoms with van der Waals surface area (Å²) in [7, 11) is 0. The summed E-state index contributed by atoms with van der Waals surface area (Å²) in [6, 6.07) is 5.91. The number of aliphatic hydroxyl groups excluding tert-OH is 1. The van der Waals surface area contributed by atoms with Gasteiger partial charge >= 0.3 is 0 Å². The molecule has 0 aromatic heterocycles. The molecule has 1 aromatic rings. The van der Waals surface area contributed by atoms with Gasteiger partial charge in [0.15, 0.2) is 6.23 Å². The van der Waals surface area contributed by atoms with Crippen molar-refractivity contribution in [1.29, 1.82) is 0 Å². The summed E-state index contributed by atoms with van der Waals surface area (Å²) in [5, 5.41) is 12.4. The highest BCUT2D eigenvalue weighted by Crippen LogP contribution is 2.34. The Morgan fingerprint density at radius 3 is 2.63 bits per heavy atom. The molecule has 0 saturated carbocycles. The fourth-order valence-electron chi connectivity index (χ4n) is 2.58. The van der Waals surface area contributed by atoms with Crippen molar-refractivity contribution in [3.63, 3.8) is 0 Å². The minimum atomic E-state index is -1.13. The van der Waals surface area contributed by atoms with Crippen molar-refractivity contribution in [2.24, 2.45) is 0 Å². The van der Waals surface area contributed by atoms with Crippen LogP contribution in [0.15, 0.2) is 24.3 Å². The topological polar surface area (TPSA) is 86.7 Å². The number of nitrogens with zero attached hydrogens (tertiary/aromatic N) is 1. The van der Waals surface area contributed by atoms with Crippen molar-refractivity contribution in [2.75, 3.05) is 0 Å². The zero-order valence-electron chi connectivity index (χ0n) is 10.00. The van der Waals surface area contributed by atoms with E-state index in [1.807, 2.05) is 0 Å². The zero-order chi connectivity index (χ0) is 13.6. The number of benzene rings is 1. The molecule has 2 atom stereocenters. The Morgan fingerprint density at radius 2 is 1.95 bits per heavy atom. The Bertz CT molecular complexity index is 584. The Balaban J connectivity index is 1.94. The van der Waals surface area contributed by atoms with E-state index in [9.17, 15) is 19.5 Å². The van der Waals surface area contributed by atoms with Gasteiger partial charge in [-0.3, -0.25) is 24.6 Å². The van der Waals surface area contributed by atoms with Crippen molar-refractivity contribution < 1.29 is 19.5 Å². The number of hydrogen-bond acceptors (Lipinski definition) is 4. The predicted molar refractivity (Wildman–Crippen MR) is 63.7 cm³/mol. The first-order valence-electron chi connectivity index (χ1n) is 6.03.